The Labute approximate surface area is 194 Å². The van der Waals surface area contributed by atoms with Gasteiger partial charge in [0.15, 0.2) is 0 Å². The quantitative estimate of drug-likeness (QED) is 0.473. The van der Waals surface area contributed by atoms with E-state index in [2.05, 4.69) is 27.7 Å². The number of ether oxygens (including phenoxy) is 2. The van der Waals surface area contributed by atoms with E-state index in [1.807, 2.05) is 48.5 Å². The van der Waals surface area contributed by atoms with Crippen LogP contribution in [0.5, 0.6) is 17.2 Å². The number of phenolic OH excluding ortho intramolecular Hbond substituents is 1. The highest BCUT2D eigenvalue weighted by Gasteiger charge is 2.34. The molecule has 0 spiro atoms. The highest BCUT2D eigenvalue weighted by atomic mass is 127. The molecule has 158 valence electrons. The van der Waals surface area contributed by atoms with Crippen LogP contribution in [0.3, 0.4) is 0 Å². The van der Waals surface area contributed by atoms with Crippen molar-refractivity contribution in [2.45, 2.75) is 12.5 Å². The summed E-state index contributed by atoms with van der Waals surface area (Å²) in [5.41, 5.74) is 2.88. The number of hydrogen-bond donors (Lipinski definition) is 1. The molecule has 3 aromatic rings. The molecule has 0 aliphatic carbocycles. The van der Waals surface area contributed by atoms with Gasteiger partial charge in [-0.15, -0.1) is 0 Å². The average Bonchev–Trinajstić information content (AvgIpc) is 3.26. The molecule has 1 heterocycles. The van der Waals surface area contributed by atoms with Crippen LogP contribution in [0.1, 0.15) is 33.9 Å². The van der Waals surface area contributed by atoms with Gasteiger partial charge in [0.2, 0.25) is 0 Å². The maximum atomic E-state index is 13.4. The van der Waals surface area contributed by atoms with Gasteiger partial charge in [0, 0.05) is 9.99 Å². The van der Waals surface area contributed by atoms with Gasteiger partial charge in [-0.2, -0.15) is 5.10 Å². The Bertz CT molecular complexity index is 1130. The van der Waals surface area contributed by atoms with Crippen molar-refractivity contribution in [3.05, 3.63) is 87.0 Å². The molecule has 1 amide bonds. The zero-order valence-electron chi connectivity index (χ0n) is 17.1. The third-order valence-electron chi connectivity index (χ3n) is 5.23. The lowest BCUT2D eigenvalue weighted by atomic mass is 9.98. The molecule has 1 aliphatic heterocycles. The predicted octanol–water partition coefficient (Wildman–Crippen LogP) is 5.01. The number of phenols is 1. The van der Waals surface area contributed by atoms with E-state index < -0.39 is 0 Å². The second-order valence-electron chi connectivity index (χ2n) is 7.08. The summed E-state index contributed by atoms with van der Waals surface area (Å²) >= 11 is 2.12. The minimum atomic E-state index is -0.347. The van der Waals surface area contributed by atoms with Crippen molar-refractivity contribution in [1.82, 2.24) is 5.01 Å². The number of aromatic hydroxyl groups is 1. The number of benzene rings is 3. The van der Waals surface area contributed by atoms with Crippen LogP contribution in [0.4, 0.5) is 0 Å². The fourth-order valence-electron chi connectivity index (χ4n) is 3.54. The number of amides is 1. The molecule has 0 radical (unpaired) electrons. The number of carbonyl (C=O) groups is 1. The summed E-state index contributed by atoms with van der Waals surface area (Å²) in [6, 6.07) is 19.9. The Kier molecular flexibility index (Phi) is 6.13. The Morgan fingerprint density at radius 1 is 1.00 bits per heavy atom. The fraction of sp³-hybridized carbons (Fsp3) is 0.167. The molecule has 0 saturated heterocycles. The van der Waals surface area contributed by atoms with Gasteiger partial charge in [-0.05, 0) is 88.3 Å². The van der Waals surface area contributed by atoms with Crippen LogP contribution in [-0.4, -0.2) is 36.0 Å². The number of carbonyl (C=O) groups excluding carboxylic acids is 1. The largest absolute Gasteiger partial charge is 0.507 e. The lowest BCUT2D eigenvalue weighted by molar-refractivity contribution is 0.0708. The van der Waals surface area contributed by atoms with Crippen LogP contribution in [0.2, 0.25) is 0 Å². The Morgan fingerprint density at radius 2 is 1.61 bits per heavy atom. The van der Waals surface area contributed by atoms with Gasteiger partial charge in [0.1, 0.15) is 17.2 Å². The van der Waals surface area contributed by atoms with Gasteiger partial charge in [-0.1, -0.05) is 12.1 Å². The van der Waals surface area contributed by atoms with E-state index in [1.165, 1.54) is 11.1 Å². The van der Waals surface area contributed by atoms with E-state index in [4.69, 9.17) is 9.47 Å². The summed E-state index contributed by atoms with van der Waals surface area (Å²) in [6.07, 6.45) is 0.551. The van der Waals surface area contributed by atoms with Crippen molar-refractivity contribution in [2.24, 2.45) is 5.10 Å². The number of methoxy groups -OCH3 is 2. The maximum absolute atomic E-state index is 13.4. The highest BCUT2D eigenvalue weighted by Crippen LogP contribution is 2.36. The molecule has 0 saturated carbocycles. The van der Waals surface area contributed by atoms with Crippen molar-refractivity contribution >= 4 is 34.2 Å². The van der Waals surface area contributed by atoms with Crippen molar-refractivity contribution in [3.63, 3.8) is 0 Å². The average molecular weight is 528 g/mol. The number of hydrogen-bond acceptors (Lipinski definition) is 5. The molecule has 1 atom stereocenters. The normalized spacial score (nSPS) is 15.5. The highest BCUT2D eigenvalue weighted by molar-refractivity contribution is 14.1. The van der Waals surface area contributed by atoms with E-state index in [0.29, 0.717) is 6.42 Å². The van der Waals surface area contributed by atoms with Gasteiger partial charge in [-0.3, -0.25) is 4.79 Å². The van der Waals surface area contributed by atoms with Gasteiger partial charge >= 0.3 is 0 Å². The summed E-state index contributed by atoms with van der Waals surface area (Å²) in [7, 11) is 3.24. The van der Waals surface area contributed by atoms with Gasteiger partial charge in [0.05, 0.1) is 31.5 Å². The summed E-state index contributed by atoms with van der Waals surface area (Å²) in [6.45, 7) is 0. The molecular formula is C24H21IN2O4. The molecule has 0 aromatic heterocycles. The number of nitrogens with zero attached hydrogens (tertiary/aromatic N) is 2. The van der Waals surface area contributed by atoms with Crippen molar-refractivity contribution in [1.29, 1.82) is 0 Å². The van der Waals surface area contributed by atoms with E-state index in [9.17, 15) is 9.90 Å². The van der Waals surface area contributed by atoms with Gasteiger partial charge in [-0.25, -0.2) is 5.01 Å². The number of hydrazone groups is 1. The molecule has 0 fully saturated rings. The molecule has 4 rings (SSSR count). The Morgan fingerprint density at radius 3 is 2.23 bits per heavy atom. The van der Waals surface area contributed by atoms with Crippen molar-refractivity contribution < 1.29 is 19.4 Å². The molecule has 31 heavy (non-hydrogen) atoms. The predicted molar refractivity (Wildman–Crippen MR) is 127 cm³/mol. The lowest BCUT2D eigenvalue weighted by Crippen LogP contribution is -2.27. The van der Waals surface area contributed by atoms with Crippen LogP contribution >= 0.6 is 22.6 Å². The Hall–Kier alpha value is -3.07. The van der Waals surface area contributed by atoms with E-state index in [1.54, 1.807) is 26.4 Å². The summed E-state index contributed by atoms with van der Waals surface area (Å²) in [4.78, 5) is 13.4. The minimum Gasteiger partial charge on any atom is -0.507 e. The molecular weight excluding hydrogens is 507 g/mol. The topological polar surface area (TPSA) is 71.4 Å². The molecule has 0 bridgehead atoms. The molecule has 1 N–H and O–H groups in total. The van der Waals surface area contributed by atoms with Crippen molar-refractivity contribution in [3.8, 4) is 17.2 Å². The smallest absolute Gasteiger partial charge is 0.278 e. The number of halogens is 1. The van der Waals surface area contributed by atoms with E-state index >= 15 is 0 Å². The second-order valence-corrected chi connectivity index (χ2v) is 8.33. The second kappa shape index (κ2) is 8.97. The first-order valence-electron chi connectivity index (χ1n) is 9.68. The van der Waals surface area contributed by atoms with Crippen LogP contribution in [-0.2, 0) is 0 Å². The van der Waals surface area contributed by atoms with Crippen LogP contribution in [0.15, 0.2) is 71.8 Å². The molecule has 3 aromatic carbocycles. The third kappa shape index (κ3) is 4.36. The summed E-state index contributed by atoms with van der Waals surface area (Å²) in [5.74, 6) is 1.09. The minimum absolute atomic E-state index is 0.0630. The monoisotopic (exact) mass is 528 g/mol. The zero-order valence-corrected chi connectivity index (χ0v) is 19.2. The summed E-state index contributed by atoms with van der Waals surface area (Å²) < 4.78 is 11.4. The van der Waals surface area contributed by atoms with Crippen LogP contribution < -0.4 is 9.47 Å². The first-order chi connectivity index (χ1) is 15.0. The van der Waals surface area contributed by atoms with Crippen LogP contribution in [0.25, 0.3) is 0 Å². The lowest BCUT2D eigenvalue weighted by Gasteiger charge is -2.22. The SMILES string of the molecule is COc1ccc(C2=NN(C(=O)c3cc(I)ccc3O)C(c3ccc(OC)cc3)C2)cc1. The first kappa shape index (κ1) is 21.2. The Balaban J connectivity index is 1.73. The zero-order chi connectivity index (χ0) is 22.0. The first-order valence-corrected chi connectivity index (χ1v) is 10.8. The van der Waals surface area contributed by atoms with Crippen molar-refractivity contribution in [2.75, 3.05) is 14.2 Å². The molecule has 7 heteroatoms. The standard InChI is InChI=1S/C24H21IN2O4/c1-30-18-8-3-15(4-9-18)21-14-22(16-5-10-19(31-2)11-6-16)27(26-21)24(29)20-13-17(25)7-12-23(20)28/h3-13,22,28H,14H2,1-2H3. The van der Waals surface area contributed by atoms with E-state index in [0.717, 1.165) is 31.9 Å². The molecule has 1 unspecified atom stereocenters. The van der Waals surface area contributed by atoms with Gasteiger partial charge in [0.25, 0.3) is 5.91 Å². The maximum Gasteiger partial charge on any atom is 0.278 e. The molecule has 6 nitrogen and oxygen atoms in total. The fourth-order valence-corrected chi connectivity index (χ4v) is 4.04. The van der Waals surface area contributed by atoms with E-state index in [-0.39, 0.29) is 23.3 Å². The van der Waals surface area contributed by atoms with Crippen LogP contribution in [0, 0.1) is 3.57 Å². The molecule has 1 aliphatic rings. The third-order valence-corrected chi connectivity index (χ3v) is 5.90. The number of rotatable bonds is 5. The van der Waals surface area contributed by atoms with Gasteiger partial charge < -0.3 is 14.6 Å². The summed E-state index contributed by atoms with van der Waals surface area (Å²) in [5, 5.41) is 16.4.